The number of anilines is 4. The fourth-order valence-electron chi connectivity index (χ4n) is 12.8. The molecule has 0 fully saturated rings. The second kappa shape index (κ2) is 20.8. The Bertz CT molecular complexity index is 4460. The molecule has 402 valence electrons. The van der Waals surface area contributed by atoms with E-state index >= 15 is 0 Å². The molecule has 13 aromatic rings. The van der Waals surface area contributed by atoms with Gasteiger partial charge >= 0.3 is 0 Å². The van der Waals surface area contributed by atoms with Crippen molar-refractivity contribution in [2.24, 2.45) is 0 Å². The second-order valence-electron chi connectivity index (χ2n) is 22.4. The van der Waals surface area contributed by atoms with Crippen molar-refractivity contribution < 1.29 is 25.8 Å². The normalized spacial score (nSPS) is 13.1. The fraction of sp³-hybridized carbons (Fsp3) is 0.0649. The van der Waals surface area contributed by atoms with Crippen molar-refractivity contribution in [3.8, 4) is 61.8 Å². The summed E-state index contributed by atoms with van der Waals surface area (Å²) in [6.45, 7) is 8.94. The fourth-order valence-corrected chi connectivity index (χ4v) is 12.8. The molecule has 2 aromatic heterocycles. The van der Waals surface area contributed by atoms with Crippen LogP contribution in [0.3, 0.4) is 0 Å². The van der Waals surface area contributed by atoms with Crippen molar-refractivity contribution in [2.75, 3.05) is 9.80 Å². The van der Waals surface area contributed by atoms with Gasteiger partial charge in [-0.1, -0.05) is 238 Å². The molecule has 1 aliphatic carbocycles. The minimum atomic E-state index is -0.624. The molecule has 11 aromatic carbocycles. The number of fused-ring (bicyclic) bond motifs is 7. The summed E-state index contributed by atoms with van der Waals surface area (Å²) in [6.07, 6.45) is 1.91. The third kappa shape index (κ3) is 8.60. The number of hydrogen-bond acceptors (Lipinski definition) is 4. The molecule has 0 atom stereocenters. The van der Waals surface area contributed by atoms with Gasteiger partial charge in [0.1, 0.15) is 5.82 Å². The Labute approximate surface area is 499 Å². The molecule has 0 radical (unpaired) electrons. The predicted octanol–water partition coefficient (Wildman–Crippen LogP) is 19.6. The number of para-hydroxylation sites is 3. The largest absolute Gasteiger partial charge is 0.509 e. The summed E-state index contributed by atoms with van der Waals surface area (Å²) in [5.74, 6) is 1.99. The predicted molar refractivity (Wildman–Crippen MR) is 337 cm³/mol. The van der Waals surface area contributed by atoms with Crippen LogP contribution < -0.4 is 14.5 Å². The van der Waals surface area contributed by atoms with Gasteiger partial charge in [-0.05, 0) is 103 Å². The first-order chi connectivity index (χ1) is 40.3. The first-order valence-electron chi connectivity index (χ1n) is 28.1. The Morgan fingerprint density at radius 1 is 0.458 bits per heavy atom. The Kier molecular flexibility index (Phi) is 12.9. The van der Waals surface area contributed by atoms with Crippen molar-refractivity contribution >= 4 is 44.6 Å². The second-order valence-corrected chi connectivity index (χ2v) is 22.4. The van der Waals surface area contributed by atoms with Crippen LogP contribution in [-0.2, 0) is 31.9 Å². The van der Waals surface area contributed by atoms with Crippen LogP contribution >= 0.6 is 0 Å². The molecule has 5 nitrogen and oxygen atoms in total. The third-order valence-electron chi connectivity index (χ3n) is 16.6. The van der Waals surface area contributed by atoms with Gasteiger partial charge < -0.3 is 19.1 Å². The van der Waals surface area contributed by atoms with Crippen LogP contribution in [0.25, 0.3) is 72.1 Å². The minimum absolute atomic E-state index is 0. The van der Waals surface area contributed by atoms with E-state index in [9.17, 15) is 0 Å². The van der Waals surface area contributed by atoms with Crippen molar-refractivity contribution in [1.29, 1.82) is 0 Å². The number of ether oxygens (including phenoxy) is 1. The monoisotopic (exact) mass is 1250 g/mol. The van der Waals surface area contributed by atoms with E-state index in [0.717, 1.165) is 83.8 Å². The summed E-state index contributed by atoms with van der Waals surface area (Å²) in [5, 5.41) is 2.18. The number of pyridine rings is 1. The van der Waals surface area contributed by atoms with Gasteiger partial charge in [0, 0.05) is 72.5 Å². The van der Waals surface area contributed by atoms with E-state index in [1.807, 2.05) is 18.3 Å². The van der Waals surface area contributed by atoms with E-state index in [4.69, 9.17) is 9.72 Å². The van der Waals surface area contributed by atoms with Crippen LogP contribution in [0.1, 0.15) is 48.6 Å². The van der Waals surface area contributed by atoms with E-state index in [0.29, 0.717) is 11.5 Å². The molecule has 83 heavy (non-hydrogen) atoms. The van der Waals surface area contributed by atoms with Crippen LogP contribution in [0.2, 0.25) is 0 Å². The van der Waals surface area contributed by atoms with E-state index in [-0.39, 0.29) is 26.5 Å². The number of rotatable bonds is 10. The summed E-state index contributed by atoms with van der Waals surface area (Å²) in [7, 11) is 0. The Balaban J connectivity index is 0.00000614. The number of benzene rings is 11. The van der Waals surface area contributed by atoms with E-state index in [1.54, 1.807) is 0 Å². The van der Waals surface area contributed by atoms with Crippen molar-refractivity contribution in [2.45, 2.75) is 31.6 Å². The van der Waals surface area contributed by atoms with Gasteiger partial charge in [-0.2, -0.15) is 12.1 Å². The molecular formula is C77H55N4OPt-3. The van der Waals surface area contributed by atoms with Crippen LogP contribution in [0.4, 0.5) is 22.7 Å². The zero-order chi connectivity index (χ0) is 54.9. The summed E-state index contributed by atoms with van der Waals surface area (Å²) in [4.78, 5) is 9.60. The average molecular weight is 1250 g/mol. The van der Waals surface area contributed by atoms with Crippen LogP contribution in [-0.4, -0.2) is 9.55 Å². The summed E-state index contributed by atoms with van der Waals surface area (Å²) in [6, 6.07) is 104. The quantitative estimate of drug-likeness (QED) is 0.128. The molecule has 15 rings (SSSR count). The zero-order valence-corrected chi connectivity index (χ0v) is 48.3. The SMILES string of the molecule is CC(C)(C)c1ccnc(-n2c3[c-]c(Oc4[c-]c(N5[CH-]N(c6c(-c7ccccc7)cc(C7(c8ccccc8)c8ccccc8-c8ccccc87)cc6-c6ccccc6)c6ccccc65)ccc4)c(-c4ccccc4)cc3c3ccccc32)c1.[Pt]. The Hall–Kier alpha value is -9.54. The van der Waals surface area contributed by atoms with Crippen molar-refractivity contribution in [3.63, 3.8) is 0 Å². The van der Waals surface area contributed by atoms with E-state index < -0.39 is 5.41 Å². The maximum Gasteiger partial charge on any atom is 0.135 e. The van der Waals surface area contributed by atoms with Gasteiger partial charge in [-0.25, -0.2) is 4.98 Å². The summed E-state index contributed by atoms with van der Waals surface area (Å²) in [5.41, 5.74) is 20.3. The summed E-state index contributed by atoms with van der Waals surface area (Å²) >= 11 is 0. The van der Waals surface area contributed by atoms with Gasteiger partial charge in [-0.3, -0.25) is 0 Å². The molecule has 6 heteroatoms. The van der Waals surface area contributed by atoms with Gasteiger partial charge in [0.25, 0.3) is 0 Å². The molecule has 0 saturated carbocycles. The molecule has 0 spiro atoms. The van der Waals surface area contributed by atoms with Gasteiger partial charge in [0.2, 0.25) is 0 Å². The van der Waals surface area contributed by atoms with Crippen LogP contribution in [0.5, 0.6) is 11.5 Å². The number of nitrogens with zero attached hydrogens (tertiary/aromatic N) is 4. The minimum Gasteiger partial charge on any atom is -0.509 e. The molecule has 1 aliphatic heterocycles. The van der Waals surface area contributed by atoms with Gasteiger partial charge in [0.05, 0.1) is 5.41 Å². The smallest absolute Gasteiger partial charge is 0.135 e. The average Bonchev–Trinajstić information content (AvgIpc) is 2.33. The van der Waals surface area contributed by atoms with Gasteiger partial charge in [-0.15, -0.1) is 42.0 Å². The molecule has 0 N–H and O–H groups in total. The molecule has 3 heterocycles. The van der Waals surface area contributed by atoms with Crippen molar-refractivity contribution in [1.82, 2.24) is 9.55 Å². The number of aromatic nitrogens is 2. The van der Waals surface area contributed by atoms with E-state index in [2.05, 4.69) is 309 Å². The topological polar surface area (TPSA) is 33.5 Å². The maximum absolute atomic E-state index is 7.15. The van der Waals surface area contributed by atoms with E-state index in [1.165, 1.54) is 38.9 Å². The zero-order valence-electron chi connectivity index (χ0n) is 46.1. The molecule has 2 aliphatic rings. The first-order valence-corrected chi connectivity index (χ1v) is 28.1. The number of hydrogen-bond donors (Lipinski definition) is 0. The summed E-state index contributed by atoms with van der Waals surface area (Å²) < 4.78 is 9.37. The molecule has 0 bridgehead atoms. The first kappa shape index (κ1) is 51.6. The Morgan fingerprint density at radius 3 is 1.63 bits per heavy atom. The molecular weight excluding hydrogens is 1190 g/mol. The van der Waals surface area contributed by atoms with Crippen LogP contribution in [0.15, 0.2) is 273 Å². The van der Waals surface area contributed by atoms with Crippen molar-refractivity contribution in [3.05, 3.63) is 320 Å². The van der Waals surface area contributed by atoms with Crippen LogP contribution in [0, 0.1) is 18.8 Å². The molecule has 0 amide bonds. The van der Waals surface area contributed by atoms with Gasteiger partial charge in [0.15, 0.2) is 0 Å². The standard InChI is InChI=1S/C77H55N4O.Pt/c1-76(2,3)56-43-44-78-74(47-56)81-69-40-21-18-37-62(69)66-49-63(52-25-8-4-9-26-52)73(50-72(66)81)82-59-34-24-33-58(48-59)79-51-80(71-42-23-22-41-70(71)79)75-64(53-27-10-5-11-28-53)45-57(46-65(75)54-29-12-6-13-30-54)77(55-31-14-7-15-32-55)67-38-19-16-35-60(67)61-36-17-20-39-68(61)77;/h4-47,49,51H,1-3H3;/q-3;. The maximum atomic E-state index is 7.15. The molecule has 0 unspecified atom stereocenters. The molecule has 0 saturated heterocycles. The Morgan fingerprint density at radius 2 is 1.00 bits per heavy atom. The third-order valence-corrected chi connectivity index (χ3v) is 16.6.